The predicted octanol–water partition coefficient (Wildman–Crippen LogP) is 2.38. The summed E-state index contributed by atoms with van der Waals surface area (Å²) in [5, 5.41) is 1.27. The SMILES string of the molecule is Brc1ccc(C[NH+]2CCN(c3ccc4ccccc4[nH+]3)CC2)s1. The van der Waals surface area contributed by atoms with E-state index in [-0.39, 0.29) is 0 Å². The number of piperazine rings is 1. The normalized spacial score (nSPS) is 16.1. The number of rotatable bonds is 3. The molecule has 0 saturated carbocycles. The lowest BCUT2D eigenvalue weighted by atomic mass is 10.2. The molecule has 0 bridgehead atoms. The molecule has 118 valence electrons. The van der Waals surface area contributed by atoms with Crippen LogP contribution in [0.4, 0.5) is 5.82 Å². The molecular formula is C18H20BrN3S+2. The molecule has 4 rings (SSSR count). The number of anilines is 1. The summed E-state index contributed by atoms with van der Waals surface area (Å²) in [7, 11) is 0. The van der Waals surface area contributed by atoms with Crippen molar-refractivity contribution in [2.75, 3.05) is 31.1 Å². The lowest BCUT2D eigenvalue weighted by Gasteiger charge is -2.28. The molecule has 1 aliphatic rings. The number of para-hydroxylation sites is 1. The lowest BCUT2D eigenvalue weighted by Crippen LogP contribution is -3.13. The maximum atomic E-state index is 3.58. The van der Waals surface area contributed by atoms with Crippen molar-refractivity contribution in [1.29, 1.82) is 0 Å². The number of hydrogen-bond acceptors (Lipinski definition) is 2. The van der Waals surface area contributed by atoms with E-state index < -0.39 is 0 Å². The summed E-state index contributed by atoms with van der Waals surface area (Å²) >= 11 is 5.41. The highest BCUT2D eigenvalue weighted by Crippen LogP contribution is 2.21. The van der Waals surface area contributed by atoms with Crippen molar-refractivity contribution in [3.05, 3.63) is 57.2 Å². The third kappa shape index (κ3) is 3.42. The van der Waals surface area contributed by atoms with Crippen molar-refractivity contribution in [1.82, 2.24) is 0 Å². The minimum atomic E-state index is 1.11. The van der Waals surface area contributed by atoms with E-state index in [0.29, 0.717) is 0 Å². The number of aromatic nitrogens is 1. The highest BCUT2D eigenvalue weighted by Gasteiger charge is 2.26. The van der Waals surface area contributed by atoms with Gasteiger partial charge in [-0.05, 0) is 40.2 Å². The second kappa shape index (κ2) is 6.59. The van der Waals surface area contributed by atoms with Gasteiger partial charge < -0.3 is 4.90 Å². The first kappa shape index (κ1) is 15.1. The molecule has 2 N–H and O–H groups in total. The van der Waals surface area contributed by atoms with Gasteiger partial charge in [0.05, 0.1) is 8.66 Å². The second-order valence-corrected chi connectivity index (χ2v) is 8.60. The molecule has 1 fully saturated rings. The standard InChI is InChI=1S/C18H18BrN3S/c19-17-7-6-15(23-17)13-21-9-11-22(12-10-21)18-8-5-14-3-1-2-4-16(14)20-18/h1-8H,9-13H2/p+2. The topological polar surface area (TPSA) is 21.8 Å². The molecule has 5 heteroatoms. The van der Waals surface area contributed by atoms with Gasteiger partial charge in [-0.1, -0.05) is 18.2 Å². The van der Waals surface area contributed by atoms with Crippen LogP contribution in [0.5, 0.6) is 0 Å². The smallest absolute Gasteiger partial charge is 0.275 e. The van der Waals surface area contributed by atoms with Gasteiger partial charge in [-0.25, -0.2) is 4.98 Å². The van der Waals surface area contributed by atoms with Crippen LogP contribution < -0.4 is 14.8 Å². The van der Waals surface area contributed by atoms with Crippen molar-refractivity contribution >= 4 is 44.0 Å². The van der Waals surface area contributed by atoms with Gasteiger partial charge in [0.1, 0.15) is 38.2 Å². The Morgan fingerprint density at radius 3 is 2.65 bits per heavy atom. The Labute approximate surface area is 148 Å². The molecule has 0 amide bonds. The van der Waals surface area contributed by atoms with Crippen LogP contribution in [0.25, 0.3) is 10.9 Å². The van der Waals surface area contributed by atoms with Gasteiger partial charge in [0.2, 0.25) is 0 Å². The van der Waals surface area contributed by atoms with Crippen molar-refractivity contribution in [3.63, 3.8) is 0 Å². The maximum Gasteiger partial charge on any atom is 0.275 e. The molecule has 1 aliphatic heterocycles. The first-order valence-electron chi connectivity index (χ1n) is 8.02. The van der Waals surface area contributed by atoms with E-state index in [2.05, 4.69) is 74.3 Å². The summed E-state index contributed by atoms with van der Waals surface area (Å²) in [5.41, 5.74) is 1.21. The third-order valence-electron chi connectivity index (χ3n) is 4.51. The van der Waals surface area contributed by atoms with Crippen molar-refractivity contribution < 1.29 is 9.88 Å². The highest BCUT2D eigenvalue weighted by atomic mass is 79.9. The number of quaternary nitrogens is 1. The van der Waals surface area contributed by atoms with Gasteiger partial charge in [-0.2, -0.15) is 0 Å². The highest BCUT2D eigenvalue weighted by molar-refractivity contribution is 9.11. The van der Waals surface area contributed by atoms with Crippen LogP contribution >= 0.6 is 27.3 Å². The summed E-state index contributed by atoms with van der Waals surface area (Å²) in [6, 6.07) is 17.3. The third-order valence-corrected chi connectivity index (χ3v) is 6.13. The van der Waals surface area contributed by atoms with E-state index in [4.69, 9.17) is 0 Å². The van der Waals surface area contributed by atoms with Crippen LogP contribution in [0, 0.1) is 0 Å². The van der Waals surface area contributed by atoms with Crippen LogP contribution in [0.3, 0.4) is 0 Å². The van der Waals surface area contributed by atoms with Gasteiger partial charge in [0, 0.05) is 11.5 Å². The van der Waals surface area contributed by atoms with Crippen LogP contribution in [0.2, 0.25) is 0 Å². The monoisotopic (exact) mass is 389 g/mol. The lowest BCUT2D eigenvalue weighted by molar-refractivity contribution is -0.914. The number of benzene rings is 1. The number of nitrogens with one attached hydrogen (secondary N) is 2. The molecule has 3 aromatic rings. The van der Waals surface area contributed by atoms with Crippen molar-refractivity contribution in [3.8, 4) is 0 Å². The molecule has 0 radical (unpaired) electrons. The molecule has 2 aromatic heterocycles. The van der Waals surface area contributed by atoms with Crippen LogP contribution in [0.1, 0.15) is 4.88 Å². The van der Waals surface area contributed by atoms with E-state index in [9.17, 15) is 0 Å². The Kier molecular flexibility index (Phi) is 4.33. The summed E-state index contributed by atoms with van der Waals surface area (Å²) in [6.45, 7) is 5.74. The number of thiophene rings is 1. The van der Waals surface area contributed by atoms with Gasteiger partial charge in [0.25, 0.3) is 5.82 Å². The number of aromatic amines is 1. The molecule has 23 heavy (non-hydrogen) atoms. The van der Waals surface area contributed by atoms with Crippen molar-refractivity contribution in [2.24, 2.45) is 0 Å². The van der Waals surface area contributed by atoms with Crippen molar-refractivity contribution in [2.45, 2.75) is 6.54 Å². The van der Waals surface area contributed by atoms with Crippen LogP contribution in [0.15, 0.2) is 52.3 Å². The fraction of sp³-hybridized carbons (Fsp3) is 0.278. The number of halogens is 1. The Hall–Kier alpha value is -1.43. The second-order valence-electron chi connectivity index (χ2n) is 6.05. The molecule has 0 spiro atoms. The number of pyridine rings is 1. The first-order chi connectivity index (χ1) is 11.3. The average molecular weight is 390 g/mol. The molecule has 1 aromatic carbocycles. The minimum Gasteiger partial charge on any atom is -0.324 e. The summed E-state index contributed by atoms with van der Waals surface area (Å²) in [5.74, 6) is 1.24. The molecule has 0 unspecified atom stereocenters. The maximum absolute atomic E-state index is 3.58. The quantitative estimate of drug-likeness (QED) is 0.729. The minimum absolute atomic E-state index is 1.11. The van der Waals surface area contributed by atoms with Crippen LogP contribution in [-0.2, 0) is 6.54 Å². The number of fused-ring (bicyclic) bond motifs is 1. The van der Waals surface area contributed by atoms with E-state index in [1.54, 1.807) is 4.90 Å². The van der Waals surface area contributed by atoms with E-state index >= 15 is 0 Å². The summed E-state index contributed by atoms with van der Waals surface area (Å²) < 4.78 is 1.23. The fourth-order valence-electron chi connectivity index (χ4n) is 3.22. The summed E-state index contributed by atoms with van der Waals surface area (Å²) in [4.78, 5) is 9.20. The van der Waals surface area contributed by atoms with E-state index in [1.165, 1.54) is 38.5 Å². The van der Waals surface area contributed by atoms with Gasteiger partial charge >= 0.3 is 0 Å². The van der Waals surface area contributed by atoms with Gasteiger partial charge in [-0.3, -0.25) is 4.90 Å². The molecular weight excluding hydrogens is 370 g/mol. The molecule has 0 aliphatic carbocycles. The Morgan fingerprint density at radius 2 is 1.87 bits per heavy atom. The number of H-pyrrole nitrogens is 1. The zero-order valence-corrected chi connectivity index (χ0v) is 15.3. The van der Waals surface area contributed by atoms with Gasteiger partial charge in [0.15, 0.2) is 0 Å². The largest absolute Gasteiger partial charge is 0.324 e. The molecule has 0 atom stereocenters. The zero-order valence-electron chi connectivity index (χ0n) is 12.9. The number of nitrogens with zero attached hydrogens (tertiary/aromatic N) is 1. The Morgan fingerprint density at radius 1 is 1.04 bits per heavy atom. The summed E-state index contributed by atoms with van der Waals surface area (Å²) in [6.07, 6.45) is 0. The predicted molar refractivity (Wildman–Crippen MR) is 99.1 cm³/mol. The van der Waals surface area contributed by atoms with E-state index in [0.717, 1.165) is 19.6 Å². The zero-order chi connectivity index (χ0) is 15.6. The average Bonchev–Trinajstić information content (AvgIpc) is 3.00. The van der Waals surface area contributed by atoms with Crippen LogP contribution in [-0.4, -0.2) is 26.2 Å². The molecule has 3 nitrogen and oxygen atoms in total. The Balaban J connectivity index is 1.42. The Bertz CT molecular complexity index is 809. The fourth-order valence-corrected chi connectivity index (χ4v) is 4.78. The van der Waals surface area contributed by atoms with Gasteiger partial charge in [-0.15, -0.1) is 11.3 Å². The molecule has 1 saturated heterocycles. The van der Waals surface area contributed by atoms with E-state index in [1.807, 2.05) is 11.3 Å². The molecule has 3 heterocycles. The first-order valence-corrected chi connectivity index (χ1v) is 9.63. The number of hydrogen-bond donors (Lipinski definition) is 1.